The molecule has 3 aromatic carbocycles. The number of nitrogens with zero attached hydrogens (tertiary/aromatic N) is 3. The third-order valence-corrected chi connectivity index (χ3v) is 6.59. The molecule has 7 heteroatoms. The summed E-state index contributed by atoms with van der Waals surface area (Å²) in [4.78, 5) is 29.1. The SMILES string of the molecule is O=C([C@@H](Sc1ccccc1)c1ccccc1)N1CCN(c2ccc([N+](=O)[O-])cc2)CC1. The van der Waals surface area contributed by atoms with Gasteiger partial charge in [0, 0.05) is 48.9 Å². The summed E-state index contributed by atoms with van der Waals surface area (Å²) >= 11 is 1.58. The first kappa shape index (κ1) is 20.9. The fourth-order valence-electron chi connectivity index (χ4n) is 3.66. The van der Waals surface area contributed by atoms with Crippen molar-refractivity contribution in [3.63, 3.8) is 0 Å². The van der Waals surface area contributed by atoms with E-state index in [4.69, 9.17) is 0 Å². The molecule has 158 valence electrons. The molecule has 6 nitrogen and oxygen atoms in total. The van der Waals surface area contributed by atoms with E-state index in [2.05, 4.69) is 4.90 Å². The zero-order valence-electron chi connectivity index (χ0n) is 17.0. The quantitative estimate of drug-likeness (QED) is 0.318. The Hall–Kier alpha value is -3.32. The maximum atomic E-state index is 13.5. The summed E-state index contributed by atoms with van der Waals surface area (Å²) in [5.74, 6) is 0.114. The van der Waals surface area contributed by atoms with E-state index in [0.29, 0.717) is 26.2 Å². The number of carbonyl (C=O) groups is 1. The average molecular weight is 434 g/mol. The van der Waals surface area contributed by atoms with E-state index in [1.807, 2.05) is 65.6 Å². The van der Waals surface area contributed by atoms with Gasteiger partial charge in [0.1, 0.15) is 5.25 Å². The van der Waals surface area contributed by atoms with Crippen LogP contribution in [0.1, 0.15) is 10.8 Å². The predicted molar refractivity (Wildman–Crippen MR) is 123 cm³/mol. The number of nitro benzene ring substituents is 1. The topological polar surface area (TPSA) is 66.7 Å². The minimum Gasteiger partial charge on any atom is -0.368 e. The van der Waals surface area contributed by atoms with Gasteiger partial charge in [-0.15, -0.1) is 11.8 Å². The minimum atomic E-state index is -0.394. The van der Waals surface area contributed by atoms with Crippen LogP contribution in [0.5, 0.6) is 0 Å². The summed E-state index contributed by atoms with van der Waals surface area (Å²) < 4.78 is 0. The van der Waals surface area contributed by atoms with Crippen molar-refractivity contribution >= 4 is 29.0 Å². The van der Waals surface area contributed by atoms with Crippen molar-refractivity contribution in [2.75, 3.05) is 31.1 Å². The van der Waals surface area contributed by atoms with E-state index >= 15 is 0 Å². The normalized spacial score (nSPS) is 14.8. The fourth-order valence-corrected chi connectivity index (χ4v) is 4.79. The number of carbonyl (C=O) groups excluding carboxylic acids is 1. The average Bonchev–Trinajstić information content (AvgIpc) is 2.83. The number of rotatable bonds is 6. The Labute approximate surface area is 185 Å². The van der Waals surface area contributed by atoms with Crippen LogP contribution in [0.3, 0.4) is 0 Å². The molecule has 0 spiro atoms. The maximum Gasteiger partial charge on any atom is 0.269 e. The van der Waals surface area contributed by atoms with Crippen molar-refractivity contribution in [2.24, 2.45) is 0 Å². The summed E-state index contributed by atoms with van der Waals surface area (Å²) in [5.41, 5.74) is 2.02. The number of hydrogen-bond acceptors (Lipinski definition) is 5. The summed E-state index contributed by atoms with van der Waals surface area (Å²) in [6.45, 7) is 2.63. The maximum absolute atomic E-state index is 13.5. The first-order chi connectivity index (χ1) is 15.1. The van der Waals surface area contributed by atoms with Gasteiger partial charge in [-0.2, -0.15) is 0 Å². The molecule has 1 amide bonds. The molecule has 0 aliphatic carbocycles. The van der Waals surface area contributed by atoms with E-state index in [9.17, 15) is 14.9 Å². The second-order valence-electron chi connectivity index (χ2n) is 7.31. The number of nitro groups is 1. The van der Waals surface area contributed by atoms with Crippen LogP contribution < -0.4 is 4.90 Å². The molecule has 0 saturated carbocycles. The van der Waals surface area contributed by atoms with Gasteiger partial charge in [0.05, 0.1) is 4.92 Å². The molecule has 0 unspecified atom stereocenters. The van der Waals surface area contributed by atoms with Gasteiger partial charge in [-0.1, -0.05) is 48.5 Å². The zero-order chi connectivity index (χ0) is 21.6. The molecule has 1 saturated heterocycles. The molecule has 3 aromatic rings. The van der Waals surface area contributed by atoms with Crippen molar-refractivity contribution in [1.29, 1.82) is 0 Å². The van der Waals surface area contributed by atoms with Crippen molar-refractivity contribution in [1.82, 2.24) is 4.90 Å². The summed E-state index contributed by atoms with van der Waals surface area (Å²) in [7, 11) is 0. The Morgan fingerprint density at radius 1 is 0.839 bits per heavy atom. The minimum absolute atomic E-state index is 0.0844. The number of benzene rings is 3. The number of thioether (sulfide) groups is 1. The molecule has 0 N–H and O–H groups in total. The van der Waals surface area contributed by atoms with Crippen LogP contribution in [-0.4, -0.2) is 41.9 Å². The summed E-state index contributed by atoms with van der Waals surface area (Å²) in [6.07, 6.45) is 0. The van der Waals surface area contributed by atoms with Gasteiger partial charge in [0.25, 0.3) is 5.69 Å². The lowest BCUT2D eigenvalue weighted by Gasteiger charge is -2.37. The van der Waals surface area contributed by atoms with Crippen molar-refractivity contribution in [3.8, 4) is 0 Å². The Morgan fingerprint density at radius 2 is 1.42 bits per heavy atom. The third-order valence-electron chi connectivity index (χ3n) is 5.34. The second-order valence-corrected chi connectivity index (χ2v) is 8.49. The number of non-ortho nitro benzene ring substituents is 1. The Bertz CT molecular complexity index is 1020. The van der Waals surface area contributed by atoms with Crippen LogP contribution >= 0.6 is 11.8 Å². The molecular weight excluding hydrogens is 410 g/mol. The molecule has 1 fully saturated rings. The summed E-state index contributed by atoms with van der Waals surface area (Å²) in [6, 6.07) is 26.5. The Balaban J connectivity index is 1.45. The largest absolute Gasteiger partial charge is 0.368 e. The number of hydrogen-bond donors (Lipinski definition) is 0. The number of piperazine rings is 1. The molecule has 0 bridgehead atoms. The second kappa shape index (κ2) is 9.66. The lowest BCUT2D eigenvalue weighted by atomic mass is 10.1. The van der Waals surface area contributed by atoms with Gasteiger partial charge < -0.3 is 9.80 Å². The molecule has 4 rings (SSSR count). The number of amides is 1. The highest BCUT2D eigenvalue weighted by atomic mass is 32.2. The smallest absolute Gasteiger partial charge is 0.269 e. The predicted octanol–water partition coefficient (Wildman–Crippen LogP) is 4.78. The lowest BCUT2D eigenvalue weighted by molar-refractivity contribution is -0.384. The Morgan fingerprint density at radius 3 is 2.00 bits per heavy atom. The van der Waals surface area contributed by atoms with Crippen LogP contribution in [0.15, 0.2) is 89.8 Å². The fraction of sp³-hybridized carbons (Fsp3) is 0.208. The summed E-state index contributed by atoms with van der Waals surface area (Å²) in [5, 5.41) is 10.6. The van der Waals surface area contributed by atoms with Crippen molar-refractivity contribution in [3.05, 3.63) is 101 Å². The molecule has 0 radical (unpaired) electrons. The Kier molecular flexibility index (Phi) is 6.52. The van der Waals surface area contributed by atoms with Gasteiger partial charge >= 0.3 is 0 Å². The van der Waals surface area contributed by atoms with E-state index in [0.717, 1.165) is 16.1 Å². The van der Waals surface area contributed by atoms with Gasteiger partial charge in [-0.05, 0) is 29.8 Å². The van der Waals surface area contributed by atoms with E-state index in [1.165, 1.54) is 12.1 Å². The first-order valence-corrected chi connectivity index (χ1v) is 11.0. The molecule has 1 heterocycles. The van der Waals surface area contributed by atoms with Gasteiger partial charge in [0.15, 0.2) is 0 Å². The standard InChI is InChI=1S/C24H23N3O3S/c28-24(23(19-7-3-1-4-8-19)31-22-9-5-2-6-10-22)26-17-15-25(16-18-26)20-11-13-21(14-12-20)27(29)30/h1-14,23H,15-18H2/t23-/m0/s1. The highest BCUT2D eigenvalue weighted by Crippen LogP contribution is 2.37. The van der Waals surface area contributed by atoms with Crippen LogP contribution in [-0.2, 0) is 4.79 Å². The molecule has 31 heavy (non-hydrogen) atoms. The number of anilines is 1. The molecule has 1 aliphatic rings. The van der Waals surface area contributed by atoms with Crippen molar-refractivity contribution < 1.29 is 9.72 Å². The third kappa shape index (κ3) is 5.06. The van der Waals surface area contributed by atoms with Crippen molar-refractivity contribution in [2.45, 2.75) is 10.1 Å². The van der Waals surface area contributed by atoms with E-state index in [-0.39, 0.29) is 16.8 Å². The van der Waals surface area contributed by atoms with Crippen LogP contribution in [0.2, 0.25) is 0 Å². The monoisotopic (exact) mass is 433 g/mol. The molecular formula is C24H23N3O3S. The van der Waals surface area contributed by atoms with Gasteiger partial charge in [-0.3, -0.25) is 14.9 Å². The zero-order valence-corrected chi connectivity index (χ0v) is 17.8. The first-order valence-electron chi connectivity index (χ1n) is 10.2. The molecule has 1 atom stereocenters. The van der Waals surface area contributed by atoms with Gasteiger partial charge in [-0.25, -0.2) is 0 Å². The van der Waals surface area contributed by atoms with Crippen LogP contribution in [0.4, 0.5) is 11.4 Å². The van der Waals surface area contributed by atoms with Crippen LogP contribution in [0.25, 0.3) is 0 Å². The van der Waals surface area contributed by atoms with Crippen LogP contribution in [0, 0.1) is 10.1 Å². The lowest BCUT2D eigenvalue weighted by Crippen LogP contribution is -2.49. The molecule has 0 aromatic heterocycles. The highest BCUT2D eigenvalue weighted by molar-refractivity contribution is 8.00. The van der Waals surface area contributed by atoms with E-state index < -0.39 is 4.92 Å². The van der Waals surface area contributed by atoms with Gasteiger partial charge in [0.2, 0.25) is 5.91 Å². The highest BCUT2D eigenvalue weighted by Gasteiger charge is 2.29. The molecule has 1 aliphatic heterocycles. The van der Waals surface area contributed by atoms with E-state index in [1.54, 1.807) is 23.9 Å².